The zero-order chi connectivity index (χ0) is 39.1. The van der Waals surface area contributed by atoms with Crippen LogP contribution in [0.25, 0.3) is 60.2 Å². The Hall–Kier alpha value is -4.19. The first-order chi connectivity index (χ1) is 26.1. The third-order valence-corrected chi connectivity index (χ3v) is 12.1. The van der Waals surface area contributed by atoms with E-state index in [1.165, 1.54) is 32.9 Å². The van der Waals surface area contributed by atoms with Gasteiger partial charge < -0.3 is 9.55 Å². The summed E-state index contributed by atoms with van der Waals surface area (Å²) in [5.74, 6) is 1.51. The molecule has 0 amide bonds. The number of hydrogen-bond acceptors (Lipinski definition) is 3. The van der Waals surface area contributed by atoms with E-state index >= 15 is 0 Å². The van der Waals surface area contributed by atoms with E-state index in [9.17, 15) is 0 Å². The largest absolute Gasteiger partial charge is 0.333 e. The van der Waals surface area contributed by atoms with Crippen molar-refractivity contribution in [3.63, 3.8) is 0 Å². The van der Waals surface area contributed by atoms with Crippen molar-refractivity contribution in [3.8, 4) is 28.3 Å². The van der Waals surface area contributed by atoms with Crippen molar-refractivity contribution in [1.29, 1.82) is 0 Å². The van der Waals surface area contributed by atoms with Crippen molar-refractivity contribution >= 4 is 56.5 Å². The minimum atomic E-state index is -1.44. The van der Waals surface area contributed by atoms with Gasteiger partial charge in [-0.05, 0) is 70.0 Å². The van der Waals surface area contributed by atoms with Gasteiger partial charge in [-0.1, -0.05) is 142 Å². The van der Waals surface area contributed by atoms with Gasteiger partial charge in [-0.25, -0.2) is 0 Å². The van der Waals surface area contributed by atoms with Gasteiger partial charge in [-0.2, -0.15) is 0 Å². The fourth-order valence-corrected chi connectivity index (χ4v) is 9.37. The molecule has 0 spiro atoms. The fourth-order valence-electron chi connectivity index (χ4n) is 6.90. The molecular weight excluding hydrogens is 871 g/mol. The predicted molar refractivity (Wildman–Crippen MR) is 231 cm³/mol. The molecule has 3 nitrogen and oxygen atoms in total. The van der Waals surface area contributed by atoms with Gasteiger partial charge in [0.25, 0.3) is 0 Å². The van der Waals surface area contributed by atoms with Gasteiger partial charge in [0.15, 0.2) is 0 Å². The van der Waals surface area contributed by atoms with Crippen LogP contribution in [-0.2, 0) is 32.9 Å². The maximum Gasteiger partial charge on any atom is 0.0798 e. The molecule has 0 atom stereocenters. The molecule has 0 bridgehead atoms. The number of fused-ring (bicyclic) bond motifs is 3. The quantitative estimate of drug-likeness (QED) is 0.118. The molecule has 8 rings (SSSR count). The van der Waals surface area contributed by atoms with E-state index in [0.717, 1.165) is 55.9 Å². The van der Waals surface area contributed by atoms with Crippen LogP contribution in [-0.4, -0.2) is 22.6 Å². The molecule has 0 aliphatic rings. The molecule has 6 heteroatoms. The minimum absolute atomic E-state index is 0. The summed E-state index contributed by atoms with van der Waals surface area (Å²) in [4.78, 5) is 9.72. The first-order valence-electron chi connectivity index (χ1n) is 19.5. The number of rotatable bonds is 7. The zero-order valence-electron chi connectivity index (χ0n) is 34.4. The average Bonchev–Trinajstić information content (AvgIpc) is 3.75. The van der Waals surface area contributed by atoms with Gasteiger partial charge in [0.05, 0.1) is 24.9 Å². The Balaban J connectivity index is 0.000000217. The summed E-state index contributed by atoms with van der Waals surface area (Å²) in [5.41, 5.74) is 7.77. The van der Waals surface area contributed by atoms with E-state index in [2.05, 4.69) is 121 Å². The van der Waals surface area contributed by atoms with Crippen molar-refractivity contribution < 1.29 is 22.8 Å². The van der Waals surface area contributed by atoms with Crippen molar-refractivity contribution in [3.05, 3.63) is 144 Å². The molecule has 0 unspecified atom stereocenters. The second-order valence-electron chi connectivity index (χ2n) is 16.3. The molecule has 8 aromatic rings. The van der Waals surface area contributed by atoms with Crippen LogP contribution in [0.3, 0.4) is 0 Å². The van der Waals surface area contributed by atoms with Gasteiger partial charge >= 0.3 is 0 Å². The van der Waals surface area contributed by atoms with Gasteiger partial charge in [0.2, 0.25) is 0 Å². The molecule has 1 radical (unpaired) electrons. The fraction of sp³-hybridized carbons (Fsp3) is 0.250. The van der Waals surface area contributed by atoms with Crippen LogP contribution >= 0.6 is 11.3 Å². The van der Waals surface area contributed by atoms with Crippen LogP contribution in [0.5, 0.6) is 0 Å². The first kappa shape index (κ1) is 36.8. The van der Waals surface area contributed by atoms with Crippen molar-refractivity contribution in [2.75, 3.05) is 0 Å². The Morgan fingerprint density at radius 3 is 2.31 bits per heavy atom. The van der Waals surface area contributed by atoms with Crippen molar-refractivity contribution in [2.45, 2.75) is 67.1 Å². The summed E-state index contributed by atoms with van der Waals surface area (Å²) in [7, 11) is -1.34. The molecular formula is C48H49IrN3SSi-2. The molecule has 54 heavy (non-hydrogen) atoms. The SMILES string of the molecule is CC(C)Cc1cc(-c2[c-]cccc2)ncc1[Si](C)(C)C.[2H]C([2H])(c1ccc2c(-c3nc4ccccc4n3-c3ccc4ccccc4c3)[c-]sc2c1)C(C)(C)C.[Ir]. The second kappa shape index (κ2) is 16.3. The Bertz CT molecular complexity index is 2620. The van der Waals surface area contributed by atoms with Gasteiger partial charge in [-0.3, -0.25) is 16.3 Å². The number of aromatic nitrogens is 3. The van der Waals surface area contributed by atoms with Crippen LogP contribution in [0.15, 0.2) is 121 Å². The number of thiophene rings is 1. The summed E-state index contributed by atoms with van der Waals surface area (Å²) in [5, 5.41) is 8.41. The Kier molecular flexibility index (Phi) is 11.1. The number of para-hydroxylation sites is 2. The number of imidazole rings is 1. The molecule has 5 aromatic carbocycles. The molecule has 0 saturated carbocycles. The van der Waals surface area contributed by atoms with E-state index < -0.39 is 19.9 Å². The average molecular weight is 922 g/mol. The van der Waals surface area contributed by atoms with Crippen molar-refractivity contribution in [1.82, 2.24) is 14.5 Å². The standard InChI is InChI=1S/C30H25N2S.C18H24NSi.Ir/c1-30(2,3)18-20-12-15-24-25(19-33-28(24)16-20)29-31-26-10-6-7-11-27(26)32(29)23-14-13-21-8-4-5-9-22(21)17-23;1-14(2)11-16-12-17(15-9-7-6-8-10-15)19-13-18(16)20(3,4)5;/h4-17H,18H2,1-3H3;6-9,12-14H,11H2,1-5H3;/q2*-1;/i18D2;;. The van der Waals surface area contributed by atoms with Crippen LogP contribution in [0.2, 0.25) is 19.6 Å². The van der Waals surface area contributed by atoms with Crippen LogP contribution in [0.4, 0.5) is 0 Å². The maximum absolute atomic E-state index is 8.70. The van der Waals surface area contributed by atoms with Crippen LogP contribution in [0, 0.1) is 22.8 Å². The zero-order valence-corrected chi connectivity index (χ0v) is 36.6. The predicted octanol–water partition coefficient (Wildman–Crippen LogP) is 12.7. The number of nitrogens with zero attached hydrogens (tertiary/aromatic N) is 3. The third kappa shape index (κ3) is 8.85. The smallest absolute Gasteiger partial charge is 0.0798 e. The monoisotopic (exact) mass is 922 g/mol. The molecule has 277 valence electrons. The molecule has 0 saturated heterocycles. The Labute approximate surface area is 342 Å². The molecule has 3 aromatic heterocycles. The normalized spacial score (nSPS) is 12.7. The summed E-state index contributed by atoms with van der Waals surface area (Å²) < 4.78 is 20.6. The third-order valence-electron chi connectivity index (χ3n) is 9.22. The summed E-state index contributed by atoms with van der Waals surface area (Å²) in [6, 6.07) is 42.6. The summed E-state index contributed by atoms with van der Waals surface area (Å²) in [6.07, 6.45) is 1.80. The minimum Gasteiger partial charge on any atom is -0.333 e. The number of pyridine rings is 1. The Morgan fingerprint density at radius 1 is 0.852 bits per heavy atom. The maximum atomic E-state index is 8.70. The second-order valence-corrected chi connectivity index (χ2v) is 22.2. The molecule has 0 aliphatic carbocycles. The number of hydrogen-bond donors (Lipinski definition) is 0. The molecule has 0 aliphatic heterocycles. The van der Waals surface area contributed by atoms with Crippen LogP contribution in [0.1, 0.15) is 48.5 Å². The molecule has 3 heterocycles. The van der Waals surface area contributed by atoms with Gasteiger partial charge in [-0.15, -0.1) is 47.3 Å². The topological polar surface area (TPSA) is 30.7 Å². The molecule has 0 fully saturated rings. The van der Waals surface area contributed by atoms with Crippen molar-refractivity contribution in [2.24, 2.45) is 11.3 Å². The van der Waals surface area contributed by atoms with Crippen LogP contribution < -0.4 is 5.19 Å². The van der Waals surface area contributed by atoms with E-state index in [-0.39, 0.29) is 20.1 Å². The first-order valence-corrected chi connectivity index (χ1v) is 22.8. The van der Waals surface area contributed by atoms with E-state index in [1.54, 1.807) is 0 Å². The van der Waals surface area contributed by atoms with Gasteiger partial charge in [0, 0.05) is 34.7 Å². The van der Waals surface area contributed by atoms with E-state index in [1.807, 2.05) is 75.4 Å². The van der Waals surface area contributed by atoms with Gasteiger partial charge in [0.1, 0.15) is 0 Å². The summed E-state index contributed by atoms with van der Waals surface area (Å²) in [6.45, 7) is 17.6. The molecule has 0 N–H and O–H groups in total. The van der Waals surface area contributed by atoms with E-state index in [4.69, 9.17) is 7.73 Å². The summed E-state index contributed by atoms with van der Waals surface area (Å²) >= 11 is 1.52. The Morgan fingerprint density at radius 2 is 1.59 bits per heavy atom. The van der Waals surface area contributed by atoms with E-state index in [0.29, 0.717) is 11.5 Å². The number of benzene rings is 5.